The summed E-state index contributed by atoms with van der Waals surface area (Å²) in [5.41, 5.74) is 0. The first kappa shape index (κ1) is 9.48. The first-order valence-electron chi connectivity index (χ1n) is 5.31. The first-order valence-corrected chi connectivity index (χ1v) is 5.31. The van der Waals surface area contributed by atoms with Gasteiger partial charge >= 0.3 is 0 Å². The average molecular weight is 218 g/mol. The quantitative estimate of drug-likeness (QED) is 0.285. The lowest BCUT2D eigenvalue weighted by molar-refractivity contribution is -0.140. The van der Waals surface area contributed by atoms with Crippen molar-refractivity contribution in [1.29, 1.82) is 0 Å². The van der Waals surface area contributed by atoms with E-state index in [0.29, 0.717) is 0 Å². The van der Waals surface area contributed by atoms with Gasteiger partial charge in [0.05, 0.1) is 11.8 Å². The third-order valence-corrected chi connectivity index (χ3v) is 3.84. The van der Waals surface area contributed by atoms with E-state index in [1.165, 1.54) is 6.08 Å². The number of hydrogen-bond acceptors (Lipinski definition) is 4. The minimum Gasteiger partial charge on any atom is -0.274 e. The smallest absolute Gasteiger partial charge is 0.236 e. The van der Waals surface area contributed by atoms with E-state index in [9.17, 15) is 14.4 Å². The van der Waals surface area contributed by atoms with Gasteiger partial charge in [-0.05, 0) is 18.3 Å². The molecule has 0 aromatic rings. The van der Waals surface area contributed by atoms with Crippen molar-refractivity contribution in [3.05, 3.63) is 12.2 Å². The second-order valence-electron chi connectivity index (χ2n) is 4.50. The van der Waals surface area contributed by atoms with Crippen LogP contribution in [0.3, 0.4) is 0 Å². The largest absolute Gasteiger partial charge is 0.274 e. The third-order valence-electron chi connectivity index (χ3n) is 3.84. The Morgan fingerprint density at radius 2 is 1.81 bits per heavy atom. The van der Waals surface area contributed by atoms with E-state index in [0.717, 1.165) is 11.3 Å². The molecule has 0 radical (unpaired) electrons. The standard InChI is InChI=1S/C11H10N2O3/c14-5-12-4-13-10(15)8-6-1-2-7(3-6)9(8)11(13)16/h1-2,6-9H,3-4H2. The van der Waals surface area contributed by atoms with Gasteiger partial charge in [-0.15, -0.1) is 0 Å². The Balaban J connectivity index is 1.91. The molecular weight excluding hydrogens is 208 g/mol. The Hall–Kier alpha value is -1.74. The summed E-state index contributed by atoms with van der Waals surface area (Å²) in [5, 5.41) is 0. The number of rotatable bonds is 2. The number of imide groups is 1. The maximum absolute atomic E-state index is 12.0. The molecule has 1 heterocycles. The summed E-state index contributed by atoms with van der Waals surface area (Å²) in [7, 11) is 0. The monoisotopic (exact) mass is 218 g/mol. The third kappa shape index (κ3) is 1.01. The molecule has 0 N–H and O–H groups in total. The Morgan fingerprint density at radius 1 is 1.25 bits per heavy atom. The molecule has 0 spiro atoms. The van der Waals surface area contributed by atoms with Crippen molar-refractivity contribution < 1.29 is 14.4 Å². The van der Waals surface area contributed by atoms with Gasteiger partial charge in [0, 0.05) is 0 Å². The molecule has 2 fully saturated rings. The molecule has 1 aliphatic heterocycles. The summed E-state index contributed by atoms with van der Waals surface area (Å²) in [6.45, 7) is -0.173. The van der Waals surface area contributed by atoms with E-state index in [4.69, 9.17) is 0 Å². The summed E-state index contributed by atoms with van der Waals surface area (Å²) in [5.74, 6) is -0.348. The van der Waals surface area contributed by atoms with E-state index in [2.05, 4.69) is 4.99 Å². The summed E-state index contributed by atoms with van der Waals surface area (Å²) in [6.07, 6.45) is 6.33. The van der Waals surface area contributed by atoms with Gasteiger partial charge in [-0.2, -0.15) is 4.99 Å². The Kier molecular flexibility index (Phi) is 1.85. The van der Waals surface area contributed by atoms with Crippen LogP contribution in [0.1, 0.15) is 6.42 Å². The number of carbonyl (C=O) groups is 2. The van der Waals surface area contributed by atoms with Crippen LogP contribution >= 0.6 is 0 Å². The van der Waals surface area contributed by atoms with E-state index in [-0.39, 0.29) is 42.2 Å². The van der Waals surface area contributed by atoms with Gasteiger partial charge < -0.3 is 0 Å². The van der Waals surface area contributed by atoms with Gasteiger partial charge in [0.2, 0.25) is 17.9 Å². The van der Waals surface area contributed by atoms with Gasteiger partial charge in [-0.25, -0.2) is 4.79 Å². The Morgan fingerprint density at radius 3 is 2.31 bits per heavy atom. The van der Waals surface area contributed by atoms with Crippen LogP contribution < -0.4 is 0 Å². The second-order valence-corrected chi connectivity index (χ2v) is 4.50. The van der Waals surface area contributed by atoms with E-state index < -0.39 is 0 Å². The molecule has 2 amide bonds. The molecule has 16 heavy (non-hydrogen) atoms. The summed E-state index contributed by atoms with van der Waals surface area (Å²) < 4.78 is 0. The van der Waals surface area contributed by atoms with Crippen LogP contribution in [-0.4, -0.2) is 29.5 Å². The first-order chi connectivity index (χ1) is 7.74. The molecule has 0 aromatic carbocycles. The lowest BCUT2D eigenvalue weighted by Gasteiger charge is -2.14. The number of aliphatic imine (C=N–C) groups is 1. The molecule has 5 heteroatoms. The van der Waals surface area contributed by atoms with Crippen LogP contribution in [0.4, 0.5) is 0 Å². The minimum atomic E-state index is -0.204. The molecule has 5 nitrogen and oxygen atoms in total. The summed E-state index contributed by atoms with van der Waals surface area (Å²) in [4.78, 5) is 38.4. The SMILES string of the molecule is O=C=NCN1C(=O)C2C3C=CC(C3)C2C1=O. The minimum absolute atomic E-state index is 0.173. The van der Waals surface area contributed by atoms with E-state index >= 15 is 0 Å². The summed E-state index contributed by atoms with van der Waals surface area (Å²) in [6, 6.07) is 0. The van der Waals surface area contributed by atoms with Gasteiger partial charge in [0.1, 0.15) is 6.67 Å². The van der Waals surface area contributed by atoms with E-state index in [1.54, 1.807) is 0 Å². The number of isocyanates is 1. The van der Waals surface area contributed by atoms with Crippen molar-refractivity contribution >= 4 is 17.9 Å². The molecule has 1 saturated heterocycles. The highest BCUT2D eigenvalue weighted by molar-refractivity contribution is 6.06. The molecule has 3 rings (SSSR count). The van der Waals surface area contributed by atoms with Crippen LogP contribution in [0, 0.1) is 23.7 Å². The molecule has 0 aromatic heterocycles. The number of allylic oxidation sites excluding steroid dienone is 2. The zero-order valence-electron chi connectivity index (χ0n) is 8.50. The summed E-state index contributed by atoms with van der Waals surface area (Å²) >= 11 is 0. The highest BCUT2D eigenvalue weighted by Crippen LogP contribution is 2.52. The predicted molar refractivity (Wildman–Crippen MR) is 52.6 cm³/mol. The number of hydrogen-bond donors (Lipinski definition) is 0. The highest BCUT2D eigenvalue weighted by atomic mass is 16.2. The van der Waals surface area contributed by atoms with Crippen LogP contribution in [0.25, 0.3) is 0 Å². The van der Waals surface area contributed by atoms with Crippen molar-refractivity contribution in [3.8, 4) is 0 Å². The number of carbonyl (C=O) groups excluding carboxylic acids is 3. The van der Waals surface area contributed by atoms with Crippen LogP contribution in [0.15, 0.2) is 17.1 Å². The van der Waals surface area contributed by atoms with Crippen molar-refractivity contribution in [1.82, 2.24) is 4.90 Å². The van der Waals surface area contributed by atoms with Crippen molar-refractivity contribution in [2.45, 2.75) is 6.42 Å². The predicted octanol–water partition coefficient (Wildman–Crippen LogP) is 0.0868. The molecule has 4 unspecified atom stereocenters. The Labute approximate surface area is 91.8 Å². The molecule has 2 bridgehead atoms. The van der Waals surface area contributed by atoms with Crippen molar-refractivity contribution in [2.24, 2.45) is 28.7 Å². The highest BCUT2D eigenvalue weighted by Gasteiger charge is 2.59. The fourth-order valence-corrected chi connectivity index (χ4v) is 3.20. The number of likely N-dealkylation sites (tertiary alicyclic amines) is 1. The maximum Gasteiger partial charge on any atom is 0.236 e. The molecule has 4 atom stereocenters. The average Bonchev–Trinajstić information content (AvgIpc) is 2.92. The zero-order valence-corrected chi connectivity index (χ0v) is 8.50. The number of amides is 2. The Bertz CT molecular complexity index is 420. The lowest BCUT2D eigenvalue weighted by Crippen LogP contribution is -2.33. The van der Waals surface area contributed by atoms with Gasteiger partial charge in [-0.3, -0.25) is 14.5 Å². The molecular formula is C11H10N2O3. The van der Waals surface area contributed by atoms with Gasteiger partial charge in [0.15, 0.2) is 0 Å². The van der Waals surface area contributed by atoms with Crippen LogP contribution in [0.2, 0.25) is 0 Å². The fourth-order valence-electron chi connectivity index (χ4n) is 3.20. The number of nitrogens with zero attached hydrogens (tertiary/aromatic N) is 2. The van der Waals surface area contributed by atoms with Crippen molar-refractivity contribution in [2.75, 3.05) is 6.67 Å². The van der Waals surface area contributed by atoms with Crippen LogP contribution in [0.5, 0.6) is 0 Å². The van der Waals surface area contributed by atoms with Gasteiger partial charge in [0.25, 0.3) is 0 Å². The maximum atomic E-state index is 12.0. The molecule has 3 aliphatic rings. The normalized spacial score (nSPS) is 39.1. The topological polar surface area (TPSA) is 66.8 Å². The molecule has 82 valence electrons. The fraction of sp³-hybridized carbons (Fsp3) is 0.545. The lowest BCUT2D eigenvalue weighted by atomic mass is 9.85. The molecule has 1 saturated carbocycles. The van der Waals surface area contributed by atoms with Crippen LogP contribution in [-0.2, 0) is 14.4 Å². The van der Waals surface area contributed by atoms with E-state index in [1.807, 2.05) is 12.2 Å². The zero-order chi connectivity index (χ0) is 11.3. The second kappa shape index (κ2) is 3.12. The van der Waals surface area contributed by atoms with Crippen molar-refractivity contribution in [3.63, 3.8) is 0 Å². The number of fused-ring (bicyclic) bond motifs is 5. The molecule has 2 aliphatic carbocycles. The van der Waals surface area contributed by atoms with Gasteiger partial charge in [-0.1, -0.05) is 12.2 Å².